The van der Waals surface area contributed by atoms with Crippen LogP contribution in [0.4, 0.5) is 20.5 Å². The van der Waals surface area contributed by atoms with Gasteiger partial charge in [0.2, 0.25) is 5.95 Å². The first-order valence-corrected chi connectivity index (χ1v) is 10.6. The Kier molecular flexibility index (Phi) is 5.16. The second-order valence-electron chi connectivity index (χ2n) is 8.18. The van der Waals surface area contributed by atoms with Gasteiger partial charge in [-0.25, -0.2) is 23.3 Å². The summed E-state index contributed by atoms with van der Waals surface area (Å²) in [5.74, 6) is -0.293. The van der Waals surface area contributed by atoms with Gasteiger partial charge in [0.25, 0.3) is 0 Å². The molecular weight excluding hydrogens is 412 g/mol. The topological polar surface area (TPSA) is 71.2 Å². The van der Waals surface area contributed by atoms with Gasteiger partial charge < -0.3 is 10.2 Å². The van der Waals surface area contributed by atoms with Gasteiger partial charge in [-0.3, -0.25) is 0 Å². The van der Waals surface area contributed by atoms with Crippen LogP contribution in [0.3, 0.4) is 0 Å². The molecule has 4 heterocycles. The number of piperidine rings is 1. The summed E-state index contributed by atoms with van der Waals surface area (Å²) < 4.78 is 28.8. The molecule has 0 aliphatic carbocycles. The molecule has 0 radical (unpaired) electrons. The first-order chi connectivity index (χ1) is 15.5. The minimum Gasteiger partial charge on any atom is -0.354 e. The Morgan fingerprint density at radius 3 is 2.75 bits per heavy atom. The predicted octanol–water partition coefficient (Wildman–Crippen LogP) is 4.24. The molecule has 5 rings (SSSR count). The molecule has 1 N–H and O–H groups in total. The molecule has 32 heavy (non-hydrogen) atoms. The van der Waals surface area contributed by atoms with Gasteiger partial charge in [0.05, 0.1) is 0 Å². The number of hydrogen-bond acceptors (Lipinski definition) is 6. The molecule has 2 unspecified atom stereocenters. The molecule has 4 aromatic rings. The third-order valence-electron chi connectivity index (χ3n) is 5.89. The van der Waals surface area contributed by atoms with Crippen LogP contribution in [0.2, 0.25) is 0 Å². The van der Waals surface area contributed by atoms with Crippen molar-refractivity contribution in [2.45, 2.75) is 38.8 Å². The van der Waals surface area contributed by atoms with E-state index in [1.165, 1.54) is 6.07 Å². The number of fused-ring (bicyclic) bond motifs is 1. The SMILES string of the molecule is Cc1cc(N2CCC(Nc3nc4c(-c5ccc(F)c(F)c5)cccn4n3)CC2C)ncn1. The van der Waals surface area contributed by atoms with Crippen molar-refractivity contribution in [2.24, 2.45) is 0 Å². The van der Waals surface area contributed by atoms with Crippen LogP contribution in [0.15, 0.2) is 48.9 Å². The maximum absolute atomic E-state index is 13.8. The van der Waals surface area contributed by atoms with Crippen molar-refractivity contribution in [1.82, 2.24) is 24.6 Å². The molecule has 0 bridgehead atoms. The fourth-order valence-electron chi connectivity index (χ4n) is 4.28. The number of hydrogen-bond donors (Lipinski definition) is 1. The summed E-state index contributed by atoms with van der Waals surface area (Å²) in [7, 11) is 0. The molecule has 164 valence electrons. The average molecular weight is 435 g/mol. The zero-order valence-electron chi connectivity index (χ0n) is 17.8. The quantitative estimate of drug-likeness (QED) is 0.517. The van der Waals surface area contributed by atoms with Crippen molar-refractivity contribution in [3.05, 3.63) is 66.3 Å². The summed E-state index contributed by atoms with van der Waals surface area (Å²) in [6, 6.07) is 10.0. The second-order valence-corrected chi connectivity index (χ2v) is 8.18. The van der Waals surface area contributed by atoms with E-state index in [1.807, 2.05) is 25.1 Å². The number of benzene rings is 1. The molecule has 0 saturated carbocycles. The molecule has 0 spiro atoms. The Labute approximate surface area is 184 Å². The van der Waals surface area contributed by atoms with Gasteiger partial charge in [-0.15, -0.1) is 5.10 Å². The van der Waals surface area contributed by atoms with Gasteiger partial charge in [-0.2, -0.15) is 4.98 Å². The van der Waals surface area contributed by atoms with Crippen LogP contribution < -0.4 is 10.2 Å². The second kappa shape index (κ2) is 8.14. The fourth-order valence-corrected chi connectivity index (χ4v) is 4.28. The molecule has 0 amide bonds. The molecule has 2 atom stereocenters. The lowest BCUT2D eigenvalue weighted by Gasteiger charge is -2.38. The van der Waals surface area contributed by atoms with Crippen molar-refractivity contribution in [3.63, 3.8) is 0 Å². The third kappa shape index (κ3) is 3.86. The summed E-state index contributed by atoms with van der Waals surface area (Å²) in [6.45, 7) is 5.01. The molecule has 1 fully saturated rings. The fraction of sp³-hybridized carbons (Fsp3) is 0.304. The van der Waals surface area contributed by atoms with E-state index in [-0.39, 0.29) is 6.04 Å². The number of aromatic nitrogens is 5. The number of nitrogens with one attached hydrogen (secondary N) is 1. The van der Waals surface area contributed by atoms with Crippen molar-refractivity contribution in [3.8, 4) is 11.1 Å². The van der Waals surface area contributed by atoms with E-state index >= 15 is 0 Å². The van der Waals surface area contributed by atoms with E-state index in [9.17, 15) is 8.78 Å². The predicted molar refractivity (Wildman–Crippen MR) is 119 cm³/mol. The molecule has 1 aromatic carbocycles. The highest BCUT2D eigenvalue weighted by molar-refractivity contribution is 5.77. The number of aryl methyl sites for hydroxylation is 1. The summed E-state index contributed by atoms with van der Waals surface area (Å²) in [4.78, 5) is 15.5. The highest BCUT2D eigenvalue weighted by Gasteiger charge is 2.27. The highest BCUT2D eigenvalue weighted by atomic mass is 19.2. The Balaban J connectivity index is 1.35. The van der Waals surface area contributed by atoms with E-state index < -0.39 is 11.6 Å². The molecular formula is C23H23F2N7. The normalized spacial score (nSPS) is 18.8. The van der Waals surface area contributed by atoms with Gasteiger partial charge in [0, 0.05) is 42.1 Å². The van der Waals surface area contributed by atoms with E-state index in [0.29, 0.717) is 28.8 Å². The Hall–Kier alpha value is -3.62. The zero-order valence-corrected chi connectivity index (χ0v) is 17.8. The van der Waals surface area contributed by atoms with Gasteiger partial charge in [-0.05, 0) is 56.5 Å². The van der Waals surface area contributed by atoms with Crippen LogP contribution in [0.5, 0.6) is 0 Å². The molecule has 7 nitrogen and oxygen atoms in total. The van der Waals surface area contributed by atoms with Crippen LogP contribution in [-0.4, -0.2) is 43.2 Å². The number of rotatable bonds is 4. The molecule has 1 saturated heterocycles. The Morgan fingerprint density at radius 1 is 1.09 bits per heavy atom. The van der Waals surface area contributed by atoms with Crippen molar-refractivity contribution < 1.29 is 8.78 Å². The highest BCUT2D eigenvalue weighted by Crippen LogP contribution is 2.28. The van der Waals surface area contributed by atoms with E-state index in [0.717, 1.165) is 37.0 Å². The summed E-state index contributed by atoms with van der Waals surface area (Å²) in [6.07, 6.45) is 5.22. The average Bonchev–Trinajstić information content (AvgIpc) is 3.18. The van der Waals surface area contributed by atoms with E-state index in [4.69, 9.17) is 0 Å². The number of pyridine rings is 1. The summed E-state index contributed by atoms with van der Waals surface area (Å²) in [5.41, 5.74) is 2.78. The number of anilines is 2. The lowest BCUT2D eigenvalue weighted by atomic mass is 9.98. The molecule has 1 aliphatic rings. The number of halogens is 2. The minimum absolute atomic E-state index is 0.216. The lowest BCUT2D eigenvalue weighted by Crippen LogP contribution is -2.45. The van der Waals surface area contributed by atoms with Crippen molar-refractivity contribution in [2.75, 3.05) is 16.8 Å². The van der Waals surface area contributed by atoms with Crippen LogP contribution >= 0.6 is 0 Å². The van der Waals surface area contributed by atoms with E-state index in [2.05, 4.69) is 37.2 Å². The van der Waals surface area contributed by atoms with Crippen molar-refractivity contribution >= 4 is 17.4 Å². The maximum atomic E-state index is 13.8. The van der Waals surface area contributed by atoms with Gasteiger partial charge in [0.1, 0.15) is 12.1 Å². The van der Waals surface area contributed by atoms with Crippen molar-refractivity contribution in [1.29, 1.82) is 0 Å². The smallest absolute Gasteiger partial charge is 0.243 e. The summed E-state index contributed by atoms with van der Waals surface area (Å²) in [5, 5.41) is 7.99. The number of nitrogens with zero attached hydrogens (tertiary/aromatic N) is 6. The third-order valence-corrected chi connectivity index (χ3v) is 5.89. The van der Waals surface area contributed by atoms with Gasteiger partial charge in [-0.1, -0.05) is 6.07 Å². The Morgan fingerprint density at radius 2 is 1.97 bits per heavy atom. The lowest BCUT2D eigenvalue weighted by molar-refractivity contribution is 0.444. The molecule has 3 aromatic heterocycles. The van der Waals surface area contributed by atoms with Gasteiger partial charge in [0.15, 0.2) is 17.3 Å². The van der Waals surface area contributed by atoms with Crippen LogP contribution in [-0.2, 0) is 0 Å². The first kappa shape index (κ1) is 20.3. The standard InChI is InChI=1S/C23H23F2N7/c1-14-10-21(27-13-26-14)31-9-7-17(11-15(31)2)28-23-29-22-18(4-3-8-32(22)30-23)16-5-6-19(24)20(25)12-16/h3-6,8,10,12-13,15,17H,7,9,11H2,1-2H3,(H,28,30). The van der Waals surface area contributed by atoms with Gasteiger partial charge >= 0.3 is 0 Å². The van der Waals surface area contributed by atoms with E-state index in [1.54, 1.807) is 23.1 Å². The van der Waals surface area contributed by atoms with Crippen LogP contribution in [0, 0.1) is 18.6 Å². The zero-order chi connectivity index (χ0) is 22.2. The minimum atomic E-state index is -0.887. The first-order valence-electron chi connectivity index (χ1n) is 10.6. The molecule has 1 aliphatic heterocycles. The largest absolute Gasteiger partial charge is 0.354 e. The maximum Gasteiger partial charge on any atom is 0.243 e. The van der Waals surface area contributed by atoms with Crippen LogP contribution in [0.25, 0.3) is 16.8 Å². The summed E-state index contributed by atoms with van der Waals surface area (Å²) >= 11 is 0. The Bertz CT molecular complexity index is 1270. The monoisotopic (exact) mass is 435 g/mol. The molecule has 9 heteroatoms. The van der Waals surface area contributed by atoms with Crippen LogP contribution in [0.1, 0.15) is 25.5 Å².